The van der Waals surface area contributed by atoms with Crippen LogP contribution in [0, 0.1) is 0 Å². The Labute approximate surface area is 119 Å². The van der Waals surface area contributed by atoms with Gasteiger partial charge in [0, 0.05) is 0 Å². The number of ketones is 1. The second-order valence-electron chi connectivity index (χ2n) is 3.87. The second-order valence-corrected chi connectivity index (χ2v) is 4.97. The third kappa shape index (κ3) is 3.07. The summed E-state index contributed by atoms with van der Waals surface area (Å²) in [6.07, 6.45) is 0. The van der Waals surface area contributed by atoms with E-state index in [0.717, 1.165) is 0 Å². The summed E-state index contributed by atoms with van der Waals surface area (Å²) >= 11 is 3.24. The lowest BCUT2D eigenvalue weighted by atomic mass is 10.0. The summed E-state index contributed by atoms with van der Waals surface area (Å²) in [6, 6.07) is 5.01. The number of Topliss-reactive ketones (excluding diaryl/α,β-unsaturated/α-hetero) is 1. The van der Waals surface area contributed by atoms with Gasteiger partial charge in [0.25, 0.3) is 0 Å². The second kappa shape index (κ2) is 6.06. The highest BCUT2D eigenvalue weighted by molar-refractivity contribution is 9.10. The number of halogens is 1. The molecule has 1 aliphatic rings. The summed E-state index contributed by atoms with van der Waals surface area (Å²) < 4.78 is 15.6. The van der Waals surface area contributed by atoms with Crippen LogP contribution >= 0.6 is 15.9 Å². The van der Waals surface area contributed by atoms with Crippen LogP contribution in [0.5, 0.6) is 11.5 Å². The van der Waals surface area contributed by atoms with Crippen molar-refractivity contribution in [2.75, 3.05) is 19.8 Å². The third-order valence-electron chi connectivity index (χ3n) is 2.55. The highest BCUT2D eigenvalue weighted by Crippen LogP contribution is 2.36. The van der Waals surface area contributed by atoms with Crippen molar-refractivity contribution in [2.24, 2.45) is 0 Å². The van der Waals surface area contributed by atoms with Gasteiger partial charge in [0.15, 0.2) is 23.9 Å². The van der Waals surface area contributed by atoms with Crippen LogP contribution in [0.1, 0.15) is 17.3 Å². The Balaban J connectivity index is 2.15. The first kappa shape index (κ1) is 13.9. The molecular weight excluding hydrogens is 316 g/mol. The Morgan fingerprint density at radius 2 is 2.32 bits per heavy atom. The highest BCUT2D eigenvalue weighted by atomic mass is 79.9. The van der Waals surface area contributed by atoms with Crippen molar-refractivity contribution in [1.29, 1.82) is 0 Å². The number of carbonyl (C=O) groups excluding carboxylic acids is 2. The van der Waals surface area contributed by atoms with E-state index < -0.39 is 5.97 Å². The lowest BCUT2D eigenvalue weighted by molar-refractivity contribution is -0.145. The zero-order valence-corrected chi connectivity index (χ0v) is 11.9. The van der Waals surface area contributed by atoms with Crippen LogP contribution in [0.15, 0.2) is 18.2 Å². The normalized spacial score (nSPS) is 17.4. The maximum Gasteiger partial charge on any atom is 0.344 e. The maximum atomic E-state index is 11.9. The van der Waals surface area contributed by atoms with Gasteiger partial charge in [-0.15, -0.1) is 0 Å². The molecule has 2 rings (SSSR count). The van der Waals surface area contributed by atoms with E-state index in [0.29, 0.717) is 23.7 Å². The van der Waals surface area contributed by atoms with Gasteiger partial charge in [-0.3, -0.25) is 4.79 Å². The van der Waals surface area contributed by atoms with E-state index in [1.54, 1.807) is 25.1 Å². The van der Waals surface area contributed by atoms with Crippen LogP contribution in [0.4, 0.5) is 0 Å². The van der Waals surface area contributed by atoms with Crippen molar-refractivity contribution in [2.45, 2.75) is 11.8 Å². The maximum absolute atomic E-state index is 11.9. The standard InChI is InChI=1S/C13H13BrO5/c1-2-17-11(15)7-18-10-5-3-4-8-12(16)9(14)6-19-13(8)10/h3-5,9H,2,6-7H2,1H3. The molecule has 0 spiro atoms. The molecule has 19 heavy (non-hydrogen) atoms. The molecular formula is C13H13BrO5. The SMILES string of the molecule is CCOC(=O)COc1cccc2c1OCC(Br)C2=O. The molecule has 1 atom stereocenters. The largest absolute Gasteiger partial charge is 0.487 e. The molecule has 1 unspecified atom stereocenters. The van der Waals surface area contributed by atoms with Crippen LogP contribution in [0.2, 0.25) is 0 Å². The number of para-hydroxylation sites is 1. The van der Waals surface area contributed by atoms with Crippen molar-refractivity contribution in [3.05, 3.63) is 23.8 Å². The Morgan fingerprint density at radius 1 is 1.53 bits per heavy atom. The van der Waals surface area contributed by atoms with Crippen LogP contribution < -0.4 is 9.47 Å². The van der Waals surface area contributed by atoms with Gasteiger partial charge in [-0.2, -0.15) is 0 Å². The number of hydrogen-bond donors (Lipinski definition) is 0. The van der Waals surface area contributed by atoms with Crippen LogP contribution in [0.3, 0.4) is 0 Å². The lowest BCUT2D eigenvalue weighted by Gasteiger charge is -2.22. The first-order valence-electron chi connectivity index (χ1n) is 5.86. The minimum atomic E-state index is -0.458. The first-order chi connectivity index (χ1) is 9.13. The number of benzene rings is 1. The molecule has 0 bridgehead atoms. The molecule has 0 amide bonds. The molecule has 1 aromatic rings. The molecule has 102 valence electrons. The van der Waals surface area contributed by atoms with Gasteiger partial charge in [0.05, 0.1) is 12.2 Å². The topological polar surface area (TPSA) is 61.8 Å². The Morgan fingerprint density at radius 3 is 3.05 bits per heavy atom. The Bertz CT molecular complexity index is 500. The van der Waals surface area contributed by atoms with Gasteiger partial charge in [-0.25, -0.2) is 4.79 Å². The van der Waals surface area contributed by atoms with Crippen LogP contribution in [-0.4, -0.2) is 36.4 Å². The zero-order valence-electron chi connectivity index (χ0n) is 10.3. The van der Waals surface area contributed by atoms with E-state index >= 15 is 0 Å². The molecule has 0 radical (unpaired) electrons. The smallest absolute Gasteiger partial charge is 0.344 e. The third-order valence-corrected chi connectivity index (χ3v) is 3.23. The van der Waals surface area contributed by atoms with Gasteiger partial charge in [-0.05, 0) is 19.1 Å². The van der Waals surface area contributed by atoms with E-state index in [1.807, 2.05) is 0 Å². The van der Waals surface area contributed by atoms with Crippen molar-refractivity contribution >= 4 is 27.7 Å². The fourth-order valence-electron chi connectivity index (χ4n) is 1.71. The molecule has 6 heteroatoms. The van der Waals surface area contributed by atoms with Gasteiger partial charge >= 0.3 is 5.97 Å². The predicted octanol–water partition coefficient (Wildman–Crippen LogP) is 1.97. The van der Waals surface area contributed by atoms with E-state index in [-0.39, 0.29) is 23.8 Å². The fourth-order valence-corrected chi connectivity index (χ4v) is 2.09. The quantitative estimate of drug-likeness (QED) is 0.624. The minimum absolute atomic E-state index is 0.0529. The number of rotatable bonds is 4. The number of fused-ring (bicyclic) bond motifs is 1. The summed E-state index contributed by atoms with van der Waals surface area (Å²) in [6.45, 7) is 2.06. The molecule has 0 aliphatic carbocycles. The highest BCUT2D eigenvalue weighted by Gasteiger charge is 2.29. The number of ether oxygens (including phenoxy) is 3. The summed E-state index contributed by atoms with van der Waals surface area (Å²) in [5.74, 6) is 0.245. The van der Waals surface area contributed by atoms with Crippen molar-refractivity contribution in [3.63, 3.8) is 0 Å². The molecule has 0 fully saturated rings. The number of alkyl halides is 1. The Kier molecular flexibility index (Phi) is 4.42. The molecule has 0 aromatic heterocycles. The first-order valence-corrected chi connectivity index (χ1v) is 6.77. The van der Waals surface area contributed by atoms with Gasteiger partial charge in [0.2, 0.25) is 0 Å². The monoisotopic (exact) mass is 328 g/mol. The fraction of sp³-hybridized carbons (Fsp3) is 0.385. The molecule has 1 aromatic carbocycles. The van der Waals surface area contributed by atoms with E-state index in [9.17, 15) is 9.59 Å². The van der Waals surface area contributed by atoms with Gasteiger partial charge in [-0.1, -0.05) is 22.0 Å². The molecule has 5 nitrogen and oxygen atoms in total. The predicted molar refractivity (Wildman–Crippen MR) is 71.1 cm³/mol. The summed E-state index contributed by atoms with van der Waals surface area (Å²) in [5.41, 5.74) is 0.453. The number of carbonyl (C=O) groups is 2. The van der Waals surface area contributed by atoms with Crippen molar-refractivity contribution < 1.29 is 23.8 Å². The molecule has 1 aliphatic heterocycles. The van der Waals surface area contributed by atoms with E-state index in [1.165, 1.54) is 0 Å². The van der Waals surface area contributed by atoms with E-state index in [2.05, 4.69) is 15.9 Å². The summed E-state index contributed by atoms with van der Waals surface area (Å²) in [4.78, 5) is 22.8. The molecule has 1 heterocycles. The molecule has 0 saturated heterocycles. The van der Waals surface area contributed by atoms with Gasteiger partial charge < -0.3 is 14.2 Å². The summed E-state index contributed by atoms with van der Waals surface area (Å²) in [7, 11) is 0. The van der Waals surface area contributed by atoms with Crippen LogP contribution in [-0.2, 0) is 9.53 Å². The minimum Gasteiger partial charge on any atom is -0.487 e. The number of esters is 1. The average molecular weight is 329 g/mol. The zero-order chi connectivity index (χ0) is 13.8. The molecule has 0 saturated carbocycles. The molecule has 0 N–H and O–H groups in total. The van der Waals surface area contributed by atoms with Crippen molar-refractivity contribution in [3.8, 4) is 11.5 Å². The number of hydrogen-bond acceptors (Lipinski definition) is 5. The Hall–Kier alpha value is -1.56. The average Bonchev–Trinajstić information content (AvgIpc) is 2.41. The lowest BCUT2D eigenvalue weighted by Crippen LogP contribution is -2.28. The van der Waals surface area contributed by atoms with Crippen molar-refractivity contribution in [1.82, 2.24) is 0 Å². The van der Waals surface area contributed by atoms with E-state index in [4.69, 9.17) is 14.2 Å². The van der Waals surface area contributed by atoms with Gasteiger partial charge in [0.1, 0.15) is 11.4 Å². The summed E-state index contributed by atoms with van der Waals surface area (Å²) in [5, 5.41) is 0. The van der Waals surface area contributed by atoms with Crippen LogP contribution in [0.25, 0.3) is 0 Å².